The summed E-state index contributed by atoms with van der Waals surface area (Å²) in [5.74, 6) is 0.659. The summed E-state index contributed by atoms with van der Waals surface area (Å²) in [5.41, 5.74) is 0. The third kappa shape index (κ3) is 1.82. The average molecular weight is 304 g/mol. The molecule has 14 heavy (non-hydrogen) atoms. The van der Waals surface area contributed by atoms with Crippen molar-refractivity contribution in [3.63, 3.8) is 0 Å². The quantitative estimate of drug-likeness (QED) is 0.589. The fraction of sp³-hybridized carbons (Fsp3) is 0.333. The minimum Gasteiger partial charge on any atom is -0.444 e. The smallest absolute Gasteiger partial charge is 0.415 e. The lowest BCUT2D eigenvalue weighted by Crippen LogP contribution is -2.25. The molecule has 1 aromatic heterocycles. The molecule has 1 fully saturated rings. The SMILES string of the molecule is CC1CN(c2cccc(I)n2)C(=O)O1. The number of ether oxygens (including phenoxy) is 1. The van der Waals surface area contributed by atoms with Gasteiger partial charge in [-0.3, -0.25) is 4.90 Å². The summed E-state index contributed by atoms with van der Waals surface area (Å²) in [7, 11) is 0. The molecule has 1 unspecified atom stereocenters. The number of aromatic nitrogens is 1. The maximum Gasteiger partial charge on any atom is 0.415 e. The maximum atomic E-state index is 11.4. The van der Waals surface area contributed by atoms with Crippen LogP contribution in [0.3, 0.4) is 0 Å². The highest BCUT2D eigenvalue weighted by molar-refractivity contribution is 14.1. The second kappa shape index (κ2) is 3.72. The second-order valence-electron chi connectivity index (χ2n) is 3.12. The summed E-state index contributed by atoms with van der Waals surface area (Å²) < 4.78 is 5.88. The molecule has 0 aromatic carbocycles. The number of carbonyl (C=O) groups excluding carboxylic acids is 1. The number of anilines is 1. The van der Waals surface area contributed by atoms with Gasteiger partial charge in [-0.25, -0.2) is 9.78 Å². The molecular formula is C9H9IN2O2. The van der Waals surface area contributed by atoms with E-state index in [1.807, 2.05) is 25.1 Å². The molecule has 1 aliphatic rings. The molecule has 5 heteroatoms. The van der Waals surface area contributed by atoms with Gasteiger partial charge in [-0.1, -0.05) is 6.07 Å². The molecular weight excluding hydrogens is 295 g/mol. The van der Waals surface area contributed by atoms with Gasteiger partial charge in [-0.2, -0.15) is 0 Å². The Morgan fingerprint density at radius 3 is 3.00 bits per heavy atom. The number of nitrogens with zero attached hydrogens (tertiary/aromatic N) is 2. The van der Waals surface area contributed by atoms with Gasteiger partial charge in [0.15, 0.2) is 0 Å². The Labute approximate surface area is 95.4 Å². The third-order valence-electron chi connectivity index (χ3n) is 1.94. The molecule has 1 aliphatic heterocycles. The predicted octanol–water partition coefficient (Wildman–Crippen LogP) is 2.03. The molecule has 1 saturated heterocycles. The molecule has 0 spiro atoms. The number of cyclic esters (lactones) is 1. The summed E-state index contributed by atoms with van der Waals surface area (Å²) in [5, 5.41) is 0. The van der Waals surface area contributed by atoms with Crippen LogP contribution in [0.2, 0.25) is 0 Å². The minimum atomic E-state index is -0.313. The summed E-state index contributed by atoms with van der Waals surface area (Å²) in [6.45, 7) is 2.44. The van der Waals surface area contributed by atoms with Crippen molar-refractivity contribution in [3.05, 3.63) is 21.9 Å². The van der Waals surface area contributed by atoms with Crippen LogP contribution in [0.1, 0.15) is 6.92 Å². The number of halogens is 1. The van der Waals surface area contributed by atoms with E-state index in [0.717, 1.165) is 3.70 Å². The molecule has 2 rings (SSSR count). The number of hydrogen-bond acceptors (Lipinski definition) is 3. The van der Waals surface area contributed by atoms with Crippen molar-refractivity contribution in [2.45, 2.75) is 13.0 Å². The molecule has 0 radical (unpaired) electrons. The third-order valence-corrected chi connectivity index (χ3v) is 2.54. The molecule has 4 nitrogen and oxygen atoms in total. The summed E-state index contributed by atoms with van der Waals surface area (Å²) in [6.07, 6.45) is -0.367. The lowest BCUT2D eigenvalue weighted by molar-refractivity contribution is 0.150. The molecule has 0 aliphatic carbocycles. The van der Waals surface area contributed by atoms with Gasteiger partial charge in [0.05, 0.1) is 6.54 Å². The molecule has 1 amide bonds. The molecule has 0 saturated carbocycles. The van der Waals surface area contributed by atoms with E-state index in [1.165, 1.54) is 0 Å². The van der Waals surface area contributed by atoms with Crippen molar-refractivity contribution in [1.29, 1.82) is 0 Å². The van der Waals surface area contributed by atoms with Crippen molar-refractivity contribution >= 4 is 34.5 Å². The lowest BCUT2D eigenvalue weighted by Gasteiger charge is -2.10. The van der Waals surface area contributed by atoms with Gasteiger partial charge in [-0.15, -0.1) is 0 Å². The highest BCUT2D eigenvalue weighted by Crippen LogP contribution is 2.19. The Balaban J connectivity index is 2.27. The molecule has 1 aromatic rings. The highest BCUT2D eigenvalue weighted by atomic mass is 127. The number of amides is 1. The van der Waals surface area contributed by atoms with Crippen LogP contribution in [0.5, 0.6) is 0 Å². The van der Waals surface area contributed by atoms with Crippen molar-refractivity contribution in [2.24, 2.45) is 0 Å². The monoisotopic (exact) mass is 304 g/mol. The fourth-order valence-electron chi connectivity index (χ4n) is 1.34. The first-order valence-corrected chi connectivity index (χ1v) is 5.35. The number of hydrogen-bond donors (Lipinski definition) is 0. The summed E-state index contributed by atoms with van der Waals surface area (Å²) in [4.78, 5) is 17.2. The van der Waals surface area contributed by atoms with Crippen molar-refractivity contribution < 1.29 is 9.53 Å². The average Bonchev–Trinajstić information content (AvgIpc) is 2.45. The van der Waals surface area contributed by atoms with E-state index in [2.05, 4.69) is 27.6 Å². The van der Waals surface area contributed by atoms with Crippen molar-refractivity contribution in [2.75, 3.05) is 11.4 Å². The zero-order chi connectivity index (χ0) is 10.1. The number of pyridine rings is 1. The number of carbonyl (C=O) groups is 1. The van der Waals surface area contributed by atoms with E-state index in [0.29, 0.717) is 12.4 Å². The fourth-order valence-corrected chi connectivity index (χ4v) is 1.79. The van der Waals surface area contributed by atoms with Crippen LogP contribution >= 0.6 is 22.6 Å². The van der Waals surface area contributed by atoms with Crippen LogP contribution in [0.4, 0.5) is 10.6 Å². The van der Waals surface area contributed by atoms with Gasteiger partial charge in [0.25, 0.3) is 0 Å². The lowest BCUT2D eigenvalue weighted by atomic mass is 10.4. The first-order valence-electron chi connectivity index (χ1n) is 4.27. The van der Waals surface area contributed by atoms with E-state index >= 15 is 0 Å². The van der Waals surface area contributed by atoms with E-state index in [1.54, 1.807) is 4.90 Å². The van der Waals surface area contributed by atoms with Gasteiger partial charge >= 0.3 is 6.09 Å². The van der Waals surface area contributed by atoms with Crippen molar-refractivity contribution in [3.8, 4) is 0 Å². The molecule has 0 bridgehead atoms. The zero-order valence-electron chi connectivity index (χ0n) is 7.61. The van der Waals surface area contributed by atoms with E-state index in [-0.39, 0.29) is 12.2 Å². The Morgan fingerprint density at radius 2 is 2.43 bits per heavy atom. The van der Waals surface area contributed by atoms with Crippen molar-refractivity contribution in [1.82, 2.24) is 4.98 Å². The van der Waals surface area contributed by atoms with Crippen LogP contribution in [-0.4, -0.2) is 23.7 Å². The number of rotatable bonds is 1. The van der Waals surface area contributed by atoms with Crippen LogP contribution < -0.4 is 4.90 Å². The van der Waals surface area contributed by atoms with Gasteiger partial charge in [-0.05, 0) is 41.6 Å². The summed E-state index contributed by atoms with van der Waals surface area (Å²) >= 11 is 2.11. The van der Waals surface area contributed by atoms with Crippen LogP contribution in [-0.2, 0) is 4.74 Å². The normalized spacial score (nSPS) is 21.1. The zero-order valence-corrected chi connectivity index (χ0v) is 9.76. The first kappa shape index (κ1) is 9.70. The van der Waals surface area contributed by atoms with Crippen LogP contribution in [0.15, 0.2) is 18.2 Å². The standard InChI is InChI=1S/C9H9IN2O2/c1-6-5-12(9(13)14-6)8-4-2-3-7(10)11-8/h2-4,6H,5H2,1H3. The Morgan fingerprint density at radius 1 is 1.64 bits per heavy atom. The minimum absolute atomic E-state index is 0.0535. The maximum absolute atomic E-state index is 11.4. The molecule has 74 valence electrons. The summed E-state index contributed by atoms with van der Waals surface area (Å²) in [6, 6.07) is 5.57. The van der Waals surface area contributed by atoms with E-state index in [4.69, 9.17) is 4.74 Å². The van der Waals surface area contributed by atoms with Gasteiger partial charge in [0.2, 0.25) is 0 Å². The molecule has 2 heterocycles. The first-order chi connectivity index (χ1) is 6.66. The Kier molecular flexibility index (Phi) is 2.58. The topological polar surface area (TPSA) is 42.4 Å². The van der Waals surface area contributed by atoms with Crippen LogP contribution in [0, 0.1) is 3.70 Å². The Bertz CT molecular complexity index is 370. The van der Waals surface area contributed by atoms with E-state index < -0.39 is 0 Å². The van der Waals surface area contributed by atoms with Crippen LogP contribution in [0.25, 0.3) is 0 Å². The largest absolute Gasteiger partial charge is 0.444 e. The van der Waals surface area contributed by atoms with Gasteiger partial charge in [0, 0.05) is 0 Å². The molecule has 0 N–H and O–H groups in total. The molecule has 1 atom stereocenters. The van der Waals surface area contributed by atoms with E-state index in [9.17, 15) is 4.79 Å². The predicted molar refractivity (Wildman–Crippen MR) is 60.2 cm³/mol. The Hall–Kier alpha value is -0.850. The van der Waals surface area contributed by atoms with Gasteiger partial charge in [0.1, 0.15) is 15.6 Å². The highest BCUT2D eigenvalue weighted by Gasteiger charge is 2.30. The van der Waals surface area contributed by atoms with Gasteiger partial charge < -0.3 is 4.74 Å². The second-order valence-corrected chi connectivity index (χ2v) is 4.23.